The average molecular weight is 518 g/mol. The summed E-state index contributed by atoms with van der Waals surface area (Å²) in [6, 6.07) is 37.0. The van der Waals surface area contributed by atoms with Crippen LogP contribution in [0.3, 0.4) is 0 Å². The lowest BCUT2D eigenvalue weighted by atomic mass is 9.74. The Morgan fingerprint density at radius 1 is 0.714 bits per heavy atom. The minimum absolute atomic E-state index is 0.0282. The van der Waals surface area contributed by atoms with Gasteiger partial charge in [0.25, 0.3) is 0 Å². The maximum Gasteiger partial charge on any atom is 0.0461 e. The molecule has 0 aliphatic heterocycles. The van der Waals surface area contributed by atoms with Crippen LogP contribution in [0.4, 0.5) is 11.4 Å². The van der Waals surface area contributed by atoms with Gasteiger partial charge in [0.15, 0.2) is 0 Å². The zero-order valence-electron chi connectivity index (χ0n) is 20.0. The number of fused-ring (bicyclic) bond motifs is 3. The highest BCUT2D eigenvalue weighted by Gasteiger charge is 2.45. The van der Waals surface area contributed by atoms with E-state index in [0.29, 0.717) is 11.8 Å². The Bertz CT molecular complexity index is 1380. The summed E-state index contributed by atoms with van der Waals surface area (Å²) in [5.74, 6) is 0.795. The van der Waals surface area contributed by atoms with E-state index in [1.54, 1.807) is 0 Å². The second-order valence-corrected chi connectivity index (χ2v) is 11.0. The molecular weight excluding hydrogens is 490 g/mol. The highest BCUT2D eigenvalue weighted by molar-refractivity contribution is 9.10. The van der Waals surface area contributed by atoms with Gasteiger partial charge in [0, 0.05) is 27.5 Å². The molecule has 2 aliphatic rings. The number of nitrogens with zero attached hydrogens (tertiary/aromatic N) is 1. The van der Waals surface area contributed by atoms with Gasteiger partial charge >= 0.3 is 0 Å². The molecule has 0 saturated carbocycles. The second kappa shape index (κ2) is 8.70. The van der Waals surface area contributed by atoms with Gasteiger partial charge in [0.05, 0.1) is 0 Å². The minimum Gasteiger partial charge on any atom is -0.311 e. The van der Waals surface area contributed by atoms with Crippen LogP contribution in [0.15, 0.2) is 132 Å². The van der Waals surface area contributed by atoms with Gasteiger partial charge in [-0.2, -0.15) is 0 Å². The van der Waals surface area contributed by atoms with Crippen molar-refractivity contribution in [1.82, 2.24) is 0 Å². The number of hydrogen-bond donors (Lipinski definition) is 0. The first-order valence-corrected chi connectivity index (χ1v) is 13.0. The van der Waals surface area contributed by atoms with Gasteiger partial charge in [-0.05, 0) is 76.1 Å². The Kier molecular flexibility index (Phi) is 5.50. The zero-order valence-corrected chi connectivity index (χ0v) is 21.6. The van der Waals surface area contributed by atoms with Crippen molar-refractivity contribution < 1.29 is 0 Å². The van der Waals surface area contributed by atoms with E-state index in [0.717, 1.165) is 4.47 Å². The molecule has 1 nitrogen and oxygen atoms in total. The van der Waals surface area contributed by atoms with E-state index in [2.05, 4.69) is 156 Å². The molecule has 4 aromatic rings. The van der Waals surface area contributed by atoms with E-state index >= 15 is 0 Å². The Balaban J connectivity index is 1.42. The highest BCUT2D eigenvalue weighted by atomic mass is 79.9. The topological polar surface area (TPSA) is 3.24 Å². The summed E-state index contributed by atoms with van der Waals surface area (Å²) in [5, 5.41) is 0. The fourth-order valence-electron chi connectivity index (χ4n) is 5.78. The van der Waals surface area contributed by atoms with E-state index in [1.165, 1.54) is 39.3 Å². The molecule has 35 heavy (non-hydrogen) atoms. The summed E-state index contributed by atoms with van der Waals surface area (Å²) in [6.45, 7) is 4.81. The molecule has 0 bridgehead atoms. The number of allylic oxidation sites excluding steroid dienone is 3. The van der Waals surface area contributed by atoms with Crippen LogP contribution in [-0.2, 0) is 5.41 Å². The average Bonchev–Trinajstić information content (AvgIpc) is 3.12. The summed E-state index contributed by atoms with van der Waals surface area (Å²) in [4.78, 5) is 2.37. The second-order valence-electron chi connectivity index (χ2n) is 10.0. The van der Waals surface area contributed by atoms with Crippen LogP contribution in [-0.4, -0.2) is 0 Å². The SMILES string of the molecule is CC1(C)c2cc(-c3ccc(Br)cc3)ccc2C2C=CC(N(c3ccccc3)c3ccccc3)=CC21. The molecule has 2 heteroatoms. The zero-order chi connectivity index (χ0) is 24.0. The van der Waals surface area contributed by atoms with Crippen molar-refractivity contribution in [3.63, 3.8) is 0 Å². The summed E-state index contributed by atoms with van der Waals surface area (Å²) < 4.78 is 1.11. The summed E-state index contributed by atoms with van der Waals surface area (Å²) in [6.07, 6.45) is 7.24. The summed E-state index contributed by atoms with van der Waals surface area (Å²) in [7, 11) is 0. The van der Waals surface area contributed by atoms with Crippen molar-refractivity contribution in [2.75, 3.05) is 4.90 Å². The van der Waals surface area contributed by atoms with Crippen molar-refractivity contribution in [2.24, 2.45) is 5.92 Å². The Morgan fingerprint density at radius 2 is 1.31 bits per heavy atom. The number of para-hydroxylation sites is 2. The van der Waals surface area contributed by atoms with Crippen LogP contribution in [0.25, 0.3) is 11.1 Å². The largest absolute Gasteiger partial charge is 0.311 e. The fraction of sp³-hybridized carbons (Fsp3) is 0.152. The number of halogens is 1. The van der Waals surface area contributed by atoms with Gasteiger partial charge in [-0.25, -0.2) is 0 Å². The third-order valence-corrected chi connectivity index (χ3v) is 8.14. The first kappa shape index (κ1) is 22.1. The maximum absolute atomic E-state index is 3.56. The Hall–Kier alpha value is -3.36. The quantitative estimate of drug-likeness (QED) is 0.260. The van der Waals surface area contributed by atoms with Gasteiger partial charge < -0.3 is 4.90 Å². The van der Waals surface area contributed by atoms with Crippen LogP contribution >= 0.6 is 15.9 Å². The molecule has 0 heterocycles. The first-order valence-electron chi connectivity index (χ1n) is 12.2. The predicted molar refractivity (Wildman–Crippen MR) is 151 cm³/mol. The van der Waals surface area contributed by atoms with Crippen molar-refractivity contribution >= 4 is 27.3 Å². The molecule has 172 valence electrons. The van der Waals surface area contributed by atoms with Crippen LogP contribution in [0.2, 0.25) is 0 Å². The molecule has 0 saturated heterocycles. The van der Waals surface area contributed by atoms with Crippen molar-refractivity contribution in [3.05, 3.63) is 143 Å². The molecule has 0 spiro atoms. The fourth-order valence-corrected chi connectivity index (χ4v) is 6.04. The van der Waals surface area contributed by atoms with E-state index in [1.807, 2.05) is 0 Å². The molecule has 0 amide bonds. The monoisotopic (exact) mass is 517 g/mol. The lowest BCUT2D eigenvalue weighted by Crippen LogP contribution is -2.28. The smallest absolute Gasteiger partial charge is 0.0461 e. The molecule has 0 fully saturated rings. The van der Waals surface area contributed by atoms with Crippen LogP contribution in [0.1, 0.15) is 30.9 Å². The van der Waals surface area contributed by atoms with E-state index < -0.39 is 0 Å². The minimum atomic E-state index is 0.0282. The van der Waals surface area contributed by atoms with Gasteiger partial charge in [0.2, 0.25) is 0 Å². The third-order valence-electron chi connectivity index (χ3n) is 7.62. The lowest BCUT2D eigenvalue weighted by Gasteiger charge is -2.34. The lowest BCUT2D eigenvalue weighted by molar-refractivity contribution is 0.392. The molecule has 2 unspecified atom stereocenters. The molecule has 0 radical (unpaired) electrons. The van der Waals surface area contributed by atoms with Gasteiger partial charge in [0.1, 0.15) is 0 Å². The number of rotatable bonds is 4. The van der Waals surface area contributed by atoms with Crippen LogP contribution < -0.4 is 4.90 Å². The normalized spacial score (nSPS) is 19.6. The van der Waals surface area contributed by atoms with Crippen molar-refractivity contribution in [3.8, 4) is 11.1 Å². The summed E-state index contributed by atoms with van der Waals surface area (Å²) in [5.41, 5.74) is 9.08. The molecule has 2 aliphatic carbocycles. The molecule has 6 rings (SSSR count). The highest BCUT2D eigenvalue weighted by Crippen LogP contribution is 2.54. The number of benzene rings is 4. The third kappa shape index (κ3) is 3.86. The molecule has 0 aromatic heterocycles. The maximum atomic E-state index is 3.56. The van der Waals surface area contributed by atoms with Gasteiger partial charge in [-0.1, -0.05) is 109 Å². The number of hydrogen-bond acceptors (Lipinski definition) is 1. The molecule has 0 N–H and O–H groups in total. The Morgan fingerprint density at radius 3 is 1.94 bits per heavy atom. The predicted octanol–water partition coefficient (Wildman–Crippen LogP) is 9.40. The molecule has 2 atom stereocenters. The van der Waals surface area contributed by atoms with Crippen molar-refractivity contribution in [1.29, 1.82) is 0 Å². The molecule has 4 aromatic carbocycles. The van der Waals surface area contributed by atoms with Gasteiger partial charge in [-0.3, -0.25) is 0 Å². The standard InChI is InChI=1S/C33H28BrN/c1-33(2)31-21-24(23-13-16-25(34)17-14-23)15-19-29(31)30-20-18-28(22-32(30)33)35(26-9-5-3-6-10-26)27-11-7-4-8-12-27/h3-22,30,32H,1-2H3. The van der Waals surface area contributed by atoms with Gasteiger partial charge in [-0.15, -0.1) is 0 Å². The van der Waals surface area contributed by atoms with Crippen LogP contribution in [0.5, 0.6) is 0 Å². The van der Waals surface area contributed by atoms with Crippen molar-refractivity contribution in [2.45, 2.75) is 25.2 Å². The summed E-state index contributed by atoms with van der Waals surface area (Å²) >= 11 is 3.56. The Labute approximate surface area is 216 Å². The number of anilines is 2. The van der Waals surface area contributed by atoms with Crippen LogP contribution in [0, 0.1) is 5.92 Å². The van der Waals surface area contributed by atoms with E-state index in [9.17, 15) is 0 Å². The molecular formula is C33H28BrN. The first-order chi connectivity index (χ1) is 17.0. The van der Waals surface area contributed by atoms with E-state index in [4.69, 9.17) is 0 Å². The van der Waals surface area contributed by atoms with E-state index in [-0.39, 0.29) is 5.41 Å².